The number of urea groups is 1. The predicted molar refractivity (Wildman–Crippen MR) is 104 cm³/mol. The summed E-state index contributed by atoms with van der Waals surface area (Å²) in [4.78, 5) is 27.9. The number of benzene rings is 2. The van der Waals surface area contributed by atoms with Gasteiger partial charge in [-0.05, 0) is 48.9 Å². The van der Waals surface area contributed by atoms with E-state index in [-0.39, 0.29) is 18.6 Å². The van der Waals surface area contributed by atoms with Gasteiger partial charge in [-0.15, -0.1) is 0 Å². The zero-order chi connectivity index (χ0) is 20.3. The number of hydrogen-bond donors (Lipinski definition) is 2. The summed E-state index contributed by atoms with van der Waals surface area (Å²) in [7, 11) is 5.15. The number of imide groups is 1. The maximum Gasteiger partial charge on any atom is 0.329 e. The topological polar surface area (TPSA) is 72.3 Å². The molecule has 0 bridgehead atoms. The molecule has 1 heterocycles. The Bertz CT molecular complexity index is 868. The van der Waals surface area contributed by atoms with Gasteiger partial charge >= 0.3 is 6.03 Å². The lowest BCUT2D eigenvalue weighted by Gasteiger charge is -2.23. The van der Waals surface area contributed by atoms with Crippen LogP contribution in [0.1, 0.15) is 18.1 Å². The van der Waals surface area contributed by atoms with Crippen LogP contribution < -0.4 is 19.7 Å². The molecule has 3 rings (SSSR count). The Labute approximate surface area is 164 Å². The monoisotopic (exact) mass is 384 g/mol. The Kier molecular flexibility index (Phi) is 5.56. The highest BCUT2D eigenvalue weighted by atomic mass is 16.5. The van der Waals surface area contributed by atoms with Crippen LogP contribution in [0, 0.1) is 0 Å². The number of hydrogen-bond acceptors (Lipinski definition) is 4. The van der Waals surface area contributed by atoms with Crippen molar-refractivity contribution in [3.63, 3.8) is 0 Å². The van der Waals surface area contributed by atoms with E-state index >= 15 is 0 Å². The van der Waals surface area contributed by atoms with Gasteiger partial charge in [0.25, 0.3) is 5.91 Å². The number of nitrogens with zero attached hydrogens (tertiary/aromatic N) is 1. The minimum atomic E-state index is -1.11. The summed E-state index contributed by atoms with van der Waals surface area (Å²) in [5.41, 5.74) is 0.688. The van der Waals surface area contributed by atoms with Crippen LogP contribution in [0.5, 0.6) is 11.5 Å². The van der Waals surface area contributed by atoms with Crippen molar-refractivity contribution in [2.75, 3.05) is 27.9 Å². The molecule has 7 heteroatoms. The first-order chi connectivity index (χ1) is 13.4. The zero-order valence-electron chi connectivity index (χ0n) is 16.6. The van der Waals surface area contributed by atoms with E-state index < -0.39 is 5.54 Å². The van der Waals surface area contributed by atoms with Crippen molar-refractivity contribution in [3.8, 4) is 11.5 Å². The van der Waals surface area contributed by atoms with Crippen LogP contribution in [0.15, 0.2) is 48.5 Å². The van der Waals surface area contributed by atoms with Crippen molar-refractivity contribution in [3.05, 3.63) is 59.7 Å². The van der Waals surface area contributed by atoms with E-state index in [1.54, 1.807) is 33.3 Å². The maximum atomic E-state index is 13.1. The molecule has 148 valence electrons. The largest absolute Gasteiger partial charge is 0.497 e. The van der Waals surface area contributed by atoms with Gasteiger partial charge in [0.2, 0.25) is 0 Å². The van der Waals surface area contributed by atoms with E-state index in [1.165, 1.54) is 4.90 Å². The summed E-state index contributed by atoms with van der Waals surface area (Å²) in [6.07, 6.45) is 0. The Hall–Kier alpha value is -3.06. The Morgan fingerprint density at radius 1 is 1.04 bits per heavy atom. The van der Waals surface area contributed by atoms with Crippen LogP contribution in [-0.2, 0) is 16.9 Å². The average molecular weight is 384 g/mol. The van der Waals surface area contributed by atoms with Crippen LogP contribution in [-0.4, -0.2) is 44.8 Å². The summed E-state index contributed by atoms with van der Waals surface area (Å²) < 4.78 is 10.4. The van der Waals surface area contributed by atoms with E-state index in [0.717, 1.165) is 16.2 Å². The van der Waals surface area contributed by atoms with E-state index in [0.29, 0.717) is 17.9 Å². The van der Waals surface area contributed by atoms with Gasteiger partial charge in [-0.2, -0.15) is 0 Å². The molecule has 0 aromatic heterocycles. The summed E-state index contributed by atoms with van der Waals surface area (Å²) in [6, 6.07) is 14.6. The lowest BCUT2D eigenvalue weighted by Crippen LogP contribution is -3.09. The molecule has 0 saturated carbocycles. The lowest BCUT2D eigenvalue weighted by molar-refractivity contribution is -0.901. The third-order valence-corrected chi connectivity index (χ3v) is 5.02. The van der Waals surface area contributed by atoms with E-state index in [9.17, 15) is 9.59 Å². The highest BCUT2D eigenvalue weighted by Crippen LogP contribution is 2.30. The smallest absolute Gasteiger partial charge is 0.329 e. The number of nitrogens with one attached hydrogen (secondary N) is 2. The molecule has 7 nitrogen and oxygen atoms in total. The standard InChI is InChI=1S/C21H25N3O4/c1-21(16-6-5-7-18(12-16)28-4)19(25)24(20(26)22-21)14-23(2)13-15-8-10-17(27-3)11-9-15/h5-12H,13-14H2,1-4H3,(H,22,26)/p+1/t21-/m1/s1. The van der Waals surface area contributed by atoms with E-state index in [2.05, 4.69) is 5.32 Å². The van der Waals surface area contributed by atoms with Gasteiger partial charge in [-0.1, -0.05) is 12.1 Å². The number of methoxy groups -OCH3 is 2. The number of amides is 3. The molecule has 1 unspecified atom stereocenters. The molecule has 2 atom stereocenters. The predicted octanol–water partition coefficient (Wildman–Crippen LogP) is 1.14. The second kappa shape index (κ2) is 7.90. The summed E-state index contributed by atoms with van der Waals surface area (Å²) in [6.45, 7) is 2.67. The van der Waals surface area contributed by atoms with Crippen molar-refractivity contribution >= 4 is 11.9 Å². The second-order valence-corrected chi connectivity index (χ2v) is 7.16. The number of rotatable bonds is 7. The molecular formula is C21H26N3O4+. The molecule has 0 aliphatic carbocycles. The molecule has 2 aromatic carbocycles. The molecular weight excluding hydrogens is 358 g/mol. The van der Waals surface area contributed by atoms with Crippen molar-refractivity contribution in [2.45, 2.75) is 19.0 Å². The van der Waals surface area contributed by atoms with Gasteiger partial charge in [0, 0.05) is 5.56 Å². The van der Waals surface area contributed by atoms with Crippen LogP contribution in [0.4, 0.5) is 4.79 Å². The lowest BCUT2D eigenvalue weighted by atomic mass is 9.92. The molecule has 1 aliphatic heterocycles. The number of carbonyl (C=O) groups excluding carboxylic acids is 2. The first-order valence-electron chi connectivity index (χ1n) is 9.10. The van der Waals surface area contributed by atoms with Crippen molar-refractivity contribution in [2.24, 2.45) is 0 Å². The van der Waals surface area contributed by atoms with E-state index in [4.69, 9.17) is 9.47 Å². The molecule has 28 heavy (non-hydrogen) atoms. The molecule has 3 amide bonds. The summed E-state index contributed by atoms with van der Waals surface area (Å²) in [5, 5.41) is 2.83. The fraction of sp³-hybridized carbons (Fsp3) is 0.333. The van der Waals surface area contributed by atoms with Crippen molar-refractivity contribution < 1.29 is 24.0 Å². The molecule has 1 aliphatic rings. The Morgan fingerprint density at radius 2 is 1.71 bits per heavy atom. The number of carbonyl (C=O) groups is 2. The Balaban J connectivity index is 1.72. The third-order valence-electron chi connectivity index (χ3n) is 5.02. The SMILES string of the molecule is COc1ccc(C[NH+](C)CN2C(=O)N[C@](C)(c3cccc(OC)c3)C2=O)cc1. The van der Waals surface area contributed by atoms with Crippen molar-refractivity contribution in [1.29, 1.82) is 0 Å². The van der Waals surface area contributed by atoms with Gasteiger partial charge in [-0.3, -0.25) is 4.79 Å². The fourth-order valence-corrected chi connectivity index (χ4v) is 3.39. The third kappa shape index (κ3) is 3.80. The molecule has 2 N–H and O–H groups in total. The highest BCUT2D eigenvalue weighted by molar-refractivity contribution is 6.07. The first kappa shape index (κ1) is 19.7. The van der Waals surface area contributed by atoms with Gasteiger partial charge in [-0.25, -0.2) is 9.69 Å². The highest BCUT2D eigenvalue weighted by Gasteiger charge is 2.50. The molecule has 0 spiro atoms. The molecule has 1 fully saturated rings. The summed E-state index contributed by atoms with van der Waals surface area (Å²) >= 11 is 0. The van der Waals surface area contributed by atoms with Gasteiger partial charge in [0.15, 0.2) is 6.67 Å². The molecule has 0 radical (unpaired) electrons. The van der Waals surface area contributed by atoms with Crippen molar-refractivity contribution in [1.82, 2.24) is 10.2 Å². The van der Waals surface area contributed by atoms with E-state index in [1.807, 2.05) is 43.4 Å². The van der Waals surface area contributed by atoms with Crippen LogP contribution >= 0.6 is 0 Å². The number of quaternary nitrogens is 1. The normalized spacial score (nSPS) is 20.1. The second-order valence-electron chi connectivity index (χ2n) is 7.16. The van der Waals surface area contributed by atoms with Crippen LogP contribution in [0.25, 0.3) is 0 Å². The first-order valence-corrected chi connectivity index (χ1v) is 9.10. The minimum absolute atomic E-state index is 0.264. The minimum Gasteiger partial charge on any atom is -0.497 e. The Morgan fingerprint density at radius 3 is 2.36 bits per heavy atom. The maximum absolute atomic E-state index is 13.1. The van der Waals surface area contributed by atoms with Gasteiger partial charge in [0.1, 0.15) is 23.6 Å². The average Bonchev–Trinajstić information content (AvgIpc) is 2.92. The van der Waals surface area contributed by atoms with Gasteiger partial charge in [0.05, 0.1) is 21.3 Å². The zero-order valence-corrected chi connectivity index (χ0v) is 16.6. The number of ether oxygens (including phenoxy) is 2. The van der Waals surface area contributed by atoms with Crippen LogP contribution in [0.3, 0.4) is 0 Å². The molecule has 2 aromatic rings. The summed E-state index contributed by atoms with van der Waals surface area (Å²) in [5.74, 6) is 1.17. The quantitative estimate of drug-likeness (QED) is 0.703. The molecule has 1 saturated heterocycles. The van der Waals surface area contributed by atoms with Gasteiger partial charge < -0.3 is 19.7 Å². The van der Waals surface area contributed by atoms with Crippen LogP contribution in [0.2, 0.25) is 0 Å². The fourth-order valence-electron chi connectivity index (χ4n) is 3.39.